The monoisotopic (exact) mass is 360 g/mol. The van der Waals surface area contributed by atoms with Crippen molar-refractivity contribution >= 4 is 22.4 Å². The Morgan fingerprint density at radius 1 is 1.32 bits per heavy atom. The number of rotatable bonds is 5. The van der Waals surface area contributed by atoms with Gasteiger partial charge in [-0.1, -0.05) is 12.1 Å². The fourth-order valence-electron chi connectivity index (χ4n) is 3.30. The van der Waals surface area contributed by atoms with Gasteiger partial charge in [0, 0.05) is 37.5 Å². The zero-order valence-electron chi connectivity index (χ0n) is 15.0. The Balaban J connectivity index is 1.80. The molecule has 0 unspecified atom stereocenters. The molecule has 0 saturated carbocycles. The van der Waals surface area contributed by atoms with Crippen molar-refractivity contribution in [3.8, 4) is 5.75 Å². The molecule has 1 aliphatic rings. The number of likely N-dealkylation sites (N-methyl/N-ethyl adjacent to an activating group) is 1. The highest BCUT2D eigenvalue weighted by Gasteiger charge is 2.38. The maximum atomic E-state index is 12.8. The normalized spacial score (nSPS) is 20.1. The predicted octanol–water partition coefficient (Wildman–Crippen LogP) is 2.36. The average Bonchev–Trinajstić information content (AvgIpc) is 3.28. The van der Waals surface area contributed by atoms with Crippen LogP contribution in [0.15, 0.2) is 29.6 Å². The lowest BCUT2D eigenvalue weighted by Gasteiger charge is -2.25. The Labute approximate surface area is 152 Å². The molecule has 0 bridgehead atoms. The van der Waals surface area contributed by atoms with Gasteiger partial charge in [0.2, 0.25) is 0 Å². The smallest absolute Gasteiger partial charge is 0.273 e. The van der Waals surface area contributed by atoms with Gasteiger partial charge in [-0.15, -0.1) is 11.3 Å². The Morgan fingerprint density at radius 2 is 2.04 bits per heavy atom. The minimum Gasteiger partial charge on any atom is -0.497 e. The highest BCUT2D eigenvalue weighted by atomic mass is 32.1. The van der Waals surface area contributed by atoms with Gasteiger partial charge < -0.3 is 19.9 Å². The van der Waals surface area contributed by atoms with Crippen LogP contribution in [0.3, 0.4) is 0 Å². The quantitative estimate of drug-likeness (QED) is 0.887. The van der Waals surface area contributed by atoms with Crippen LogP contribution in [-0.4, -0.2) is 68.1 Å². The van der Waals surface area contributed by atoms with Gasteiger partial charge in [-0.05, 0) is 31.8 Å². The summed E-state index contributed by atoms with van der Waals surface area (Å²) in [6.45, 7) is 1.40. The van der Waals surface area contributed by atoms with E-state index in [2.05, 4.69) is 41.4 Å². The van der Waals surface area contributed by atoms with E-state index in [0.29, 0.717) is 18.8 Å². The molecule has 1 aromatic heterocycles. The summed E-state index contributed by atoms with van der Waals surface area (Å²) in [7, 11) is 7.61. The van der Waals surface area contributed by atoms with Crippen LogP contribution in [0.5, 0.6) is 5.75 Å². The van der Waals surface area contributed by atoms with Gasteiger partial charge in [-0.3, -0.25) is 4.79 Å². The first-order chi connectivity index (χ1) is 12.0. The summed E-state index contributed by atoms with van der Waals surface area (Å²) in [6.07, 6.45) is 0. The molecule has 2 aromatic rings. The molecule has 1 aliphatic heterocycles. The Bertz CT molecular complexity index is 729. The molecule has 25 heavy (non-hydrogen) atoms. The molecule has 2 heterocycles. The number of anilines is 1. The van der Waals surface area contributed by atoms with Crippen LogP contribution in [0.2, 0.25) is 0 Å². The number of methoxy groups -OCH3 is 1. The lowest BCUT2D eigenvalue weighted by Crippen LogP contribution is -2.35. The maximum absolute atomic E-state index is 12.8. The van der Waals surface area contributed by atoms with E-state index in [9.17, 15) is 4.79 Å². The molecule has 1 saturated heterocycles. The fourth-order valence-corrected chi connectivity index (χ4v) is 3.95. The first kappa shape index (κ1) is 17.7. The molecule has 2 atom stereocenters. The molecule has 1 N–H and O–H groups in total. The number of aromatic nitrogens is 1. The standard InChI is InChI=1S/C18H24N4O2S/c1-19-18-20-15(11-25-18)17(23)22-9-14(16(10-22)21(2)3)12-5-7-13(24-4)8-6-12/h5-8,11,14,16H,9-10H2,1-4H3,(H,19,20)/t14-,16+/m0/s1. The Kier molecular flexibility index (Phi) is 5.24. The summed E-state index contributed by atoms with van der Waals surface area (Å²) in [5.41, 5.74) is 1.74. The number of amides is 1. The van der Waals surface area contributed by atoms with E-state index in [4.69, 9.17) is 4.74 Å². The van der Waals surface area contributed by atoms with Gasteiger partial charge in [-0.25, -0.2) is 4.98 Å². The summed E-state index contributed by atoms with van der Waals surface area (Å²) in [5, 5.41) is 5.56. The van der Waals surface area contributed by atoms with Crippen LogP contribution in [0.4, 0.5) is 5.13 Å². The average molecular weight is 360 g/mol. The van der Waals surface area contributed by atoms with Crippen molar-refractivity contribution in [3.63, 3.8) is 0 Å². The van der Waals surface area contributed by atoms with Gasteiger partial charge >= 0.3 is 0 Å². The number of thiazole rings is 1. The molecule has 3 rings (SSSR count). The van der Waals surface area contributed by atoms with Crippen molar-refractivity contribution in [2.45, 2.75) is 12.0 Å². The van der Waals surface area contributed by atoms with Crippen molar-refractivity contribution in [1.82, 2.24) is 14.8 Å². The van der Waals surface area contributed by atoms with E-state index in [-0.39, 0.29) is 17.9 Å². The van der Waals surface area contributed by atoms with E-state index < -0.39 is 0 Å². The molecule has 1 amide bonds. The van der Waals surface area contributed by atoms with Gasteiger partial charge in [0.25, 0.3) is 5.91 Å². The number of benzene rings is 1. The van der Waals surface area contributed by atoms with Crippen molar-refractivity contribution in [3.05, 3.63) is 40.9 Å². The SMILES string of the molecule is CNc1nc(C(=O)N2C[C@@H](N(C)C)[C@H](c3ccc(OC)cc3)C2)cs1. The summed E-state index contributed by atoms with van der Waals surface area (Å²) < 4.78 is 5.25. The number of likely N-dealkylation sites (tertiary alicyclic amines) is 1. The van der Waals surface area contributed by atoms with Crippen LogP contribution < -0.4 is 10.1 Å². The third-order valence-corrected chi connectivity index (χ3v) is 5.58. The van der Waals surface area contributed by atoms with Gasteiger partial charge in [0.05, 0.1) is 7.11 Å². The van der Waals surface area contributed by atoms with Crippen LogP contribution in [0.25, 0.3) is 0 Å². The minimum atomic E-state index is 0.000566. The number of hydrogen-bond acceptors (Lipinski definition) is 6. The van der Waals surface area contributed by atoms with E-state index in [1.165, 1.54) is 16.9 Å². The molecule has 6 nitrogen and oxygen atoms in total. The molecular formula is C18H24N4O2S. The molecular weight excluding hydrogens is 336 g/mol. The highest BCUT2D eigenvalue weighted by molar-refractivity contribution is 7.13. The van der Waals surface area contributed by atoms with Crippen LogP contribution >= 0.6 is 11.3 Å². The first-order valence-corrected chi connectivity index (χ1v) is 9.14. The Morgan fingerprint density at radius 3 is 2.60 bits per heavy atom. The molecule has 1 aromatic carbocycles. The number of nitrogens with one attached hydrogen (secondary N) is 1. The van der Waals surface area contributed by atoms with E-state index in [0.717, 1.165) is 10.9 Å². The van der Waals surface area contributed by atoms with Gasteiger partial charge in [0.1, 0.15) is 11.4 Å². The van der Waals surface area contributed by atoms with Crippen LogP contribution in [0, 0.1) is 0 Å². The molecule has 0 aliphatic carbocycles. The zero-order valence-corrected chi connectivity index (χ0v) is 15.8. The number of carbonyl (C=O) groups is 1. The Hall–Kier alpha value is -2.12. The van der Waals surface area contributed by atoms with E-state index in [1.54, 1.807) is 7.11 Å². The third kappa shape index (κ3) is 3.62. The topological polar surface area (TPSA) is 57.7 Å². The molecule has 134 valence electrons. The zero-order chi connectivity index (χ0) is 18.0. The molecule has 0 radical (unpaired) electrons. The van der Waals surface area contributed by atoms with Crippen LogP contribution in [0.1, 0.15) is 22.0 Å². The second-order valence-electron chi connectivity index (χ2n) is 6.41. The minimum absolute atomic E-state index is 0.000566. The van der Waals surface area contributed by atoms with Crippen molar-refractivity contribution in [2.75, 3.05) is 46.7 Å². The van der Waals surface area contributed by atoms with E-state index in [1.807, 2.05) is 29.5 Å². The summed E-state index contributed by atoms with van der Waals surface area (Å²) >= 11 is 1.45. The van der Waals surface area contributed by atoms with Crippen molar-refractivity contribution in [1.29, 1.82) is 0 Å². The second kappa shape index (κ2) is 7.41. The number of hydrogen-bond donors (Lipinski definition) is 1. The fraction of sp³-hybridized carbons (Fsp3) is 0.444. The largest absolute Gasteiger partial charge is 0.497 e. The van der Waals surface area contributed by atoms with Crippen molar-refractivity contribution < 1.29 is 9.53 Å². The maximum Gasteiger partial charge on any atom is 0.273 e. The van der Waals surface area contributed by atoms with Gasteiger partial charge in [0.15, 0.2) is 5.13 Å². The number of carbonyl (C=O) groups excluding carboxylic acids is 1. The highest BCUT2D eigenvalue weighted by Crippen LogP contribution is 2.32. The molecule has 7 heteroatoms. The van der Waals surface area contributed by atoms with Crippen LogP contribution in [-0.2, 0) is 0 Å². The number of ether oxygens (including phenoxy) is 1. The van der Waals surface area contributed by atoms with E-state index >= 15 is 0 Å². The number of nitrogens with zero attached hydrogens (tertiary/aromatic N) is 3. The third-order valence-electron chi connectivity index (χ3n) is 4.72. The molecule has 1 fully saturated rings. The lowest BCUT2D eigenvalue weighted by molar-refractivity contribution is 0.0777. The summed E-state index contributed by atoms with van der Waals surface area (Å²) in [6, 6.07) is 8.42. The summed E-state index contributed by atoms with van der Waals surface area (Å²) in [5.74, 6) is 1.12. The molecule has 0 spiro atoms. The summed E-state index contributed by atoms with van der Waals surface area (Å²) in [4.78, 5) is 21.3. The van der Waals surface area contributed by atoms with Gasteiger partial charge in [-0.2, -0.15) is 0 Å². The lowest BCUT2D eigenvalue weighted by atomic mass is 9.93. The first-order valence-electron chi connectivity index (χ1n) is 8.26. The van der Waals surface area contributed by atoms with Crippen molar-refractivity contribution in [2.24, 2.45) is 0 Å². The second-order valence-corrected chi connectivity index (χ2v) is 7.27. The predicted molar refractivity (Wildman–Crippen MR) is 101 cm³/mol.